The van der Waals surface area contributed by atoms with E-state index >= 15 is 0 Å². The number of sulfonamides is 1. The number of carbonyl (C=O) groups is 1. The standard InChI is InChI=1S/C10H17N5O3S/c1-2-5-12-9(16)7-14-19(17,18)10-8(15-11)4-3-6-13-10/h3-4,6,14-15H,2,5,7,11H2,1H3,(H,12,16). The van der Waals surface area contributed by atoms with E-state index in [0.717, 1.165) is 6.42 Å². The van der Waals surface area contributed by atoms with E-state index < -0.39 is 15.9 Å². The topological polar surface area (TPSA) is 126 Å². The van der Waals surface area contributed by atoms with Gasteiger partial charge in [-0.2, -0.15) is 0 Å². The number of nitrogens with zero attached hydrogens (tertiary/aromatic N) is 1. The van der Waals surface area contributed by atoms with Crippen LogP contribution in [0, 0.1) is 0 Å². The van der Waals surface area contributed by atoms with Crippen LogP contribution in [0.15, 0.2) is 23.4 Å². The van der Waals surface area contributed by atoms with Gasteiger partial charge in [0, 0.05) is 12.7 Å². The minimum atomic E-state index is -3.89. The molecule has 1 aromatic rings. The molecule has 1 aromatic heterocycles. The van der Waals surface area contributed by atoms with Crippen LogP contribution in [0.4, 0.5) is 5.69 Å². The number of anilines is 1. The largest absolute Gasteiger partial charge is 0.355 e. The predicted octanol–water partition coefficient (Wildman–Crippen LogP) is -0.828. The Kier molecular flexibility index (Phi) is 5.67. The number of hydrogen-bond donors (Lipinski definition) is 4. The van der Waals surface area contributed by atoms with E-state index in [-0.39, 0.29) is 17.3 Å². The summed E-state index contributed by atoms with van der Waals surface area (Å²) >= 11 is 0. The molecule has 19 heavy (non-hydrogen) atoms. The zero-order valence-electron chi connectivity index (χ0n) is 10.5. The Morgan fingerprint density at radius 2 is 2.21 bits per heavy atom. The Labute approximate surface area is 111 Å². The van der Waals surface area contributed by atoms with E-state index in [1.54, 1.807) is 6.07 Å². The van der Waals surface area contributed by atoms with Crippen LogP contribution >= 0.6 is 0 Å². The van der Waals surface area contributed by atoms with E-state index in [2.05, 4.69) is 20.4 Å². The summed E-state index contributed by atoms with van der Waals surface area (Å²) in [5, 5.41) is 2.31. The Morgan fingerprint density at radius 3 is 2.84 bits per heavy atom. The highest BCUT2D eigenvalue weighted by Crippen LogP contribution is 2.15. The first-order chi connectivity index (χ1) is 9.01. The Bertz CT molecular complexity index is 532. The van der Waals surface area contributed by atoms with Crippen LogP contribution in [-0.4, -0.2) is 32.4 Å². The summed E-state index contributed by atoms with van der Waals surface area (Å²) in [6.07, 6.45) is 2.10. The van der Waals surface area contributed by atoms with Gasteiger partial charge < -0.3 is 10.7 Å². The summed E-state index contributed by atoms with van der Waals surface area (Å²) in [4.78, 5) is 15.1. The van der Waals surface area contributed by atoms with Crippen molar-refractivity contribution in [1.29, 1.82) is 0 Å². The molecular formula is C10H17N5O3S. The van der Waals surface area contributed by atoms with Gasteiger partial charge >= 0.3 is 0 Å². The average molecular weight is 287 g/mol. The molecule has 0 aromatic carbocycles. The van der Waals surface area contributed by atoms with Gasteiger partial charge in [-0.15, -0.1) is 0 Å². The molecule has 0 radical (unpaired) electrons. The fourth-order valence-corrected chi connectivity index (χ4v) is 2.34. The molecule has 8 nitrogen and oxygen atoms in total. The van der Waals surface area contributed by atoms with Gasteiger partial charge in [-0.05, 0) is 18.6 Å². The summed E-state index contributed by atoms with van der Waals surface area (Å²) in [6, 6.07) is 3.01. The van der Waals surface area contributed by atoms with Crippen molar-refractivity contribution < 1.29 is 13.2 Å². The van der Waals surface area contributed by atoms with Gasteiger partial charge in [-0.25, -0.2) is 18.1 Å². The number of hydrogen-bond acceptors (Lipinski definition) is 6. The molecule has 0 aliphatic rings. The number of carbonyl (C=O) groups excluding carboxylic acids is 1. The van der Waals surface area contributed by atoms with Crippen molar-refractivity contribution in [3.8, 4) is 0 Å². The van der Waals surface area contributed by atoms with Crippen molar-refractivity contribution in [3.63, 3.8) is 0 Å². The smallest absolute Gasteiger partial charge is 0.260 e. The van der Waals surface area contributed by atoms with Gasteiger partial charge in [-0.3, -0.25) is 10.6 Å². The molecule has 106 valence electrons. The molecule has 5 N–H and O–H groups in total. The Morgan fingerprint density at radius 1 is 1.47 bits per heavy atom. The molecule has 0 saturated carbocycles. The third kappa shape index (κ3) is 4.47. The molecular weight excluding hydrogens is 270 g/mol. The number of pyridine rings is 1. The summed E-state index contributed by atoms with van der Waals surface area (Å²) in [5.74, 6) is 4.81. The number of aromatic nitrogens is 1. The van der Waals surface area contributed by atoms with Gasteiger partial charge in [0.15, 0.2) is 5.03 Å². The maximum Gasteiger partial charge on any atom is 0.260 e. The lowest BCUT2D eigenvalue weighted by molar-refractivity contribution is -0.119. The van der Waals surface area contributed by atoms with Gasteiger partial charge in [0.2, 0.25) is 5.91 Å². The SMILES string of the molecule is CCCNC(=O)CNS(=O)(=O)c1ncccc1NN. The molecule has 0 unspecified atom stereocenters. The second-order valence-electron chi connectivity index (χ2n) is 3.67. The predicted molar refractivity (Wildman–Crippen MR) is 70.5 cm³/mol. The molecule has 1 heterocycles. The number of amides is 1. The highest BCUT2D eigenvalue weighted by atomic mass is 32.2. The van der Waals surface area contributed by atoms with Crippen molar-refractivity contribution in [2.45, 2.75) is 18.4 Å². The van der Waals surface area contributed by atoms with Gasteiger partial charge in [0.05, 0.1) is 12.2 Å². The first kappa shape index (κ1) is 15.3. The van der Waals surface area contributed by atoms with Crippen molar-refractivity contribution in [2.24, 2.45) is 5.84 Å². The summed E-state index contributed by atoms with van der Waals surface area (Å²) in [5.41, 5.74) is 2.40. The monoisotopic (exact) mass is 287 g/mol. The molecule has 0 atom stereocenters. The fraction of sp³-hybridized carbons (Fsp3) is 0.400. The van der Waals surface area contributed by atoms with Crippen molar-refractivity contribution >= 4 is 21.6 Å². The number of nitrogen functional groups attached to an aromatic ring is 1. The van der Waals surface area contributed by atoms with Crippen LogP contribution in [0.2, 0.25) is 0 Å². The highest BCUT2D eigenvalue weighted by molar-refractivity contribution is 7.89. The van der Waals surface area contributed by atoms with Crippen LogP contribution in [-0.2, 0) is 14.8 Å². The third-order valence-corrected chi connectivity index (χ3v) is 3.53. The fourth-order valence-electron chi connectivity index (χ4n) is 1.27. The summed E-state index contributed by atoms with van der Waals surface area (Å²) in [7, 11) is -3.89. The van der Waals surface area contributed by atoms with E-state index in [9.17, 15) is 13.2 Å². The maximum absolute atomic E-state index is 11.9. The molecule has 0 fully saturated rings. The van der Waals surface area contributed by atoms with Gasteiger partial charge in [0.25, 0.3) is 10.0 Å². The molecule has 1 amide bonds. The average Bonchev–Trinajstić information content (AvgIpc) is 2.43. The lowest BCUT2D eigenvalue weighted by Gasteiger charge is -2.09. The van der Waals surface area contributed by atoms with Crippen LogP contribution in [0.5, 0.6) is 0 Å². The summed E-state index contributed by atoms with van der Waals surface area (Å²) in [6.45, 7) is 2.06. The van der Waals surface area contributed by atoms with Crippen molar-refractivity contribution in [1.82, 2.24) is 15.0 Å². The minimum Gasteiger partial charge on any atom is -0.355 e. The lowest BCUT2D eigenvalue weighted by Crippen LogP contribution is -2.37. The quantitative estimate of drug-likeness (QED) is 0.383. The molecule has 0 aliphatic heterocycles. The second kappa shape index (κ2) is 7.02. The molecule has 0 saturated heterocycles. The van der Waals surface area contributed by atoms with Crippen LogP contribution < -0.4 is 21.3 Å². The molecule has 1 rings (SSSR count). The Hall–Kier alpha value is -1.71. The second-order valence-corrected chi connectivity index (χ2v) is 5.36. The first-order valence-electron chi connectivity index (χ1n) is 5.69. The van der Waals surface area contributed by atoms with Crippen molar-refractivity contribution in [2.75, 3.05) is 18.5 Å². The van der Waals surface area contributed by atoms with Gasteiger partial charge in [0.1, 0.15) is 0 Å². The summed E-state index contributed by atoms with van der Waals surface area (Å²) < 4.78 is 26.0. The highest BCUT2D eigenvalue weighted by Gasteiger charge is 2.20. The number of rotatable bonds is 7. The first-order valence-corrected chi connectivity index (χ1v) is 7.17. The van der Waals surface area contributed by atoms with Crippen LogP contribution in [0.1, 0.15) is 13.3 Å². The van der Waals surface area contributed by atoms with E-state index in [4.69, 9.17) is 5.84 Å². The lowest BCUT2D eigenvalue weighted by atomic mass is 10.4. The minimum absolute atomic E-state index is 0.156. The van der Waals surface area contributed by atoms with E-state index in [1.165, 1.54) is 12.3 Å². The molecule has 0 aliphatic carbocycles. The number of nitrogens with two attached hydrogens (primary N) is 1. The maximum atomic E-state index is 11.9. The van der Waals surface area contributed by atoms with E-state index in [0.29, 0.717) is 6.54 Å². The molecule has 0 spiro atoms. The Balaban J connectivity index is 2.73. The number of hydrazine groups is 1. The molecule has 0 bridgehead atoms. The third-order valence-electron chi connectivity index (χ3n) is 2.18. The zero-order chi connectivity index (χ0) is 14.3. The van der Waals surface area contributed by atoms with E-state index in [1.807, 2.05) is 6.92 Å². The van der Waals surface area contributed by atoms with Crippen LogP contribution in [0.3, 0.4) is 0 Å². The normalized spacial score (nSPS) is 11.1. The molecule has 9 heteroatoms. The number of nitrogens with one attached hydrogen (secondary N) is 3. The van der Waals surface area contributed by atoms with Crippen LogP contribution in [0.25, 0.3) is 0 Å². The van der Waals surface area contributed by atoms with Crippen molar-refractivity contribution in [3.05, 3.63) is 18.3 Å². The van der Waals surface area contributed by atoms with Gasteiger partial charge in [-0.1, -0.05) is 6.92 Å². The zero-order valence-corrected chi connectivity index (χ0v) is 11.3.